The van der Waals surface area contributed by atoms with Gasteiger partial charge in [-0.3, -0.25) is 0 Å². The summed E-state index contributed by atoms with van der Waals surface area (Å²) in [4.78, 5) is 0. The number of ether oxygens (including phenoxy) is 4. The van der Waals surface area contributed by atoms with Crippen LogP contribution in [-0.2, 0) is 0 Å². The van der Waals surface area contributed by atoms with Crippen LogP contribution in [0, 0.1) is 0 Å². The molecule has 17 heavy (non-hydrogen) atoms. The van der Waals surface area contributed by atoms with Crippen LogP contribution in [0.15, 0.2) is 12.1 Å². The number of hydrogen-bond acceptors (Lipinski definition) is 5. The zero-order valence-electron chi connectivity index (χ0n) is 10.5. The smallest absolute Gasteiger partial charge is 0.165 e. The molecule has 1 aromatic carbocycles. The summed E-state index contributed by atoms with van der Waals surface area (Å²) in [6.45, 7) is 1.14. The van der Waals surface area contributed by atoms with Gasteiger partial charge in [0, 0.05) is 12.1 Å². The van der Waals surface area contributed by atoms with Crippen LogP contribution in [0.1, 0.15) is 6.42 Å². The normalized spacial score (nSPS) is 9.88. The van der Waals surface area contributed by atoms with Crippen LogP contribution in [0.3, 0.4) is 0 Å². The number of nitrogens with two attached hydrogens (primary N) is 1. The molecule has 0 unspecified atom stereocenters. The van der Waals surface area contributed by atoms with Crippen molar-refractivity contribution < 1.29 is 18.9 Å². The van der Waals surface area contributed by atoms with E-state index in [0.717, 1.165) is 6.42 Å². The Bertz CT molecular complexity index is 355. The van der Waals surface area contributed by atoms with Crippen molar-refractivity contribution in [3.05, 3.63) is 12.1 Å². The predicted octanol–water partition coefficient (Wildman–Crippen LogP) is 1.44. The largest absolute Gasteiger partial charge is 0.493 e. The molecule has 0 radical (unpaired) electrons. The summed E-state index contributed by atoms with van der Waals surface area (Å²) in [6.07, 6.45) is 0.789. The third-order valence-electron chi connectivity index (χ3n) is 2.28. The molecule has 0 aliphatic carbocycles. The van der Waals surface area contributed by atoms with Crippen molar-refractivity contribution in [2.24, 2.45) is 5.73 Å². The lowest BCUT2D eigenvalue weighted by atomic mass is 10.2. The highest BCUT2D eigenvalue weighted by molar-refractivity contribution is 5.54. The van der Waals surface area contributed by atoms with E-state index in [1.807, 2.05) is 0 Å². The van der Waals surface area contributed by atoms with E-state index in [1.54, 1.807) is 33.5 Å². The van der Waals surface area contributed by atoms with Crippen molar-refractivity contribution in [1.29, 1.82) is 0 Å². The Kier molecular flexibility index (Phi) is 5.42. The van der Waals surface area contributed by atoms with E-state index in [1.165, 1.54) is 0 Å². The highest BCUT2D eigenvalue weighted by atomic mass is 16.5. The molecule has 0 aliphatic rings. The van der Waals surface area contributed by atoms with Gasteiger partial charge in [-0.2, -0.15) is 0 Å². The van der Waals surface area contributed by atoms with Gasteiger partial charge in [-0.05, 0) is 13.0 Å². The van der Waals surface area contributed by atoms with Gasteiger partial charge in [-0.25, -0.2) is 0 Å². The third-order valence-corrected chi connectivity index (χ3v) is 2.28. The Morgan fingerprint density at radius 1 is 0.882 bits per heavy atom. The molecule has 1 aromatic rings. The summed E-state index contributed by atoms with van der Waals surface area (Å²) in [5, 5.41) is 0. The standard InChI is InChI=1S/C12H19NO4/c1-14-9-7-11(16-3)12(8-10(9)15-2)17-6-4-5-13/h7-8H,4-6,13H2,1-3H3. The Balaban J connectivity index is 2.93. The number of hydrogen-bond donors (Lipinski definition) is 1. The lowest BCUT2D eigenvalue weighted by Gasteiger charge is -2.14. The van der Waals surface area contributed by atoms with Gasteiger partial charge in [0.2, 0.25) is 0 Å². The molecular formula is C12H19NO4. The first-order valence-corrected chi connectivity index (χ1v) is 5.39. The summed E-state index contributed by atoms with van der Waals surface area (Å²) >= 11 is 0. The maximum absolute atomic E-state index is 5.57. The summed E-state index contributed by atoms with van der Waals surface area (Å²) in [6, 6.07) is 3.48. The minimum Gasteiger partial charge on any atom is -0.493 e. The monoisotopic (exact) mass is 241 g/mol. The Hall–Kier alpha value is -1.62. The molecule has 0 aliphatic heterocycles. The van der Waals surface area contributed by atoms with E-state index in [-0.39, 0.29) is 0 Å². The quantitative estimate of drug-likeness (QED) is 0.732. The molecule has 0 atom stereocenters. The molecule has 2 N–H and O–H groups in total. The summed E-state index contributed by atoms with van der Waals surface area (Å²) in [5.41, 5.74) is 5.41. The third kappa shape index (κ3) is 3.42. The van der Waals surface area contributed by atoms with Gasteiger partial charge < -0.3 is 24.7 Å². The molecule has 0 spiro atoms. The van der Waals surface area contributed by atoms with E-state index in [2.05, 4.69) is 0 Å². The second-order valence-corrected chi connectivity index (χ2v) is 3.35. The SMILES string of the molecule is COc1cc(OC)c(OCCCN)cc1OC. The zero-order chi connectivity index (χ0) is 12.7. The van der Waals surface area contributed by atoms with Gasteiger partial charge in [0.1, 0.15) is 0 Å². The molecule has 0 heterocycles. The van der Waals surface area contributed by atoms with Crippen molar-refractivity contribution in [1.82, 2.24) is 0 Å². The first-order valence-electron chi connectivity index (χ1n) is 5.39. The van der Waals surface area contributed by atoms with E-state index in [9.17, 15) is 0 Å². The fourth-order valence-electron chi connectivity index (χ4n) is 1.38. The number of rotatable bonds is 7. The highest BCUT2D eigenvalue weighted by Gasteiger charge is 2.12. The van der Waals surface area contributed by atoms with Gasteiger partial charge in [0.25, 0.3) is 0 Å². The van der Waals surface area contributed by atoms with E-state index < -0.39 is 0 Å². The topological polar surface area (TPSA) is 62.9 Å². The fourth-order valence-corrected chi connectivity index (χ4v) is 1.38. The first-order chi connectivity index (χ1) is 8.26. The van der Waals surface area contributed by atoms with Gasteiger partial charge in [0.15, 0.2) is 23.0 Å². The fraction of sp³-hybridized carbons (Fsp3) is 0.500. The number of benzene rings is 1. The number of methoxy groups -OCH3 is 3. The van der Waals surface area contributed by atoms with Gasteiger partial charge in [0.05, 0.1) is 27.9 Å². The van der Waals surface area contributed by atoms with Gasteiger partial charge in [-0.1, -0.05) is 0 Å². The van der Waals surface area contributed by atoms with Crippen LogP contribution < -0.4 is 24.7 Å². The Labute approximate surface area is 101 Å². The minimum absolute atomic E-state index is 0.544. The molecule has 0 fully saturated rings. The molecule has 96 valence electrons. The van der Waals surface area contributed by atoms with Gasteiger partial charge >= 0.3 is 0 Å². The zero-order valence-corrected chi connectivity index (χ0v) is 10.5. The van der Waals surface area contributed by atoms with E-state index in [0.29, 0.717) is 36.1 Å². The first kappa shape index (κ1) is 13.4. The Morgan fingerprint density at radius 2 is 1.35 bits per heavy atom. The molecule has 0 aromatic heterocycles. The molecule has 5 heteroatoms. The van der Waals surface area contributed by atoms with Crippen LogP contribution in [0.2, 0.25) is 0 Å². The second kappa shape index (κ2) is 6.85. The van der Waals surface area contributed by atoms with Crippen LogP contribution >= 0.6 is 0 Å². The average molecular weight is 241 g/mol. The molecule has 5 nitrogen and oxygen atoms in total. The van der Waals surface area contributed by atoms with E-state index >= 15 is 0 Å². The van der Waals surface area contributed by atoms with Crippen molar-refractivity contribution in [3.63, 3.8) is 0 Å². The molecule has 0 saturated carbocycles. The molecule has 0 amide bonds. The minimum atomic E-state index is 0.544. The molecule has 0 saturated heterocycles. The predicted molar refractivity (Wildman–Crippen MR) is 65.3 cm³/mol. The molecule has 1 rings (SSSR count). The Morgan fingerprint density at radius 3 is 1.82 bits per heavy atom. The van der Waals surface area contributed by atoms with Crippen LogP contribution in [0.4, 0.5) is 0 Å². The van der Waals surface area contributed by atoms with Crippen LogP contribution in [0.25, 0.3) is 0 Å². The lowest BCUT2D eigenvalue weighted by molar-refractivity contribution is 0.284. The van der Waals surface area contributed by atoms with Gasteiger partial charge in [-0.15, -0.1) is 0 Å². The average Bonchev–Trinajstić information content (AvgIpc) is 2.38. The van der Waals surface area contributed by atoms with Crippen molar-refractivity contribution in [2.75, 3.05) is 34.5 Å². The van der Waals surface area contributed by atoms with Crippen LogP contribution in [0.5, 0.6) is 23.0 Å². The highest BCUT2D eigenvalue weighted by Crippen LogP contribution is 2.39. The van der Waals surface area contributed by atoms with E-state index in [4.69, 9.17) is 24.7 Å². The van der Waals surface area contributed by atoms with Crippen molar-refractivity contribution in [3.8, 4) is 23.0 Å². The van der Waals surface area contributed by atoms with Crippen LogP contribution in [-0.4, -0.2) is 34.5 Å². The van der Waals surface area contributed by atoms with Crippen molar-refractivity contribution in [2.45, 2.75) is 6.42 Å². The second-order valence-electron chi connectivity index (χ2n) is 3.35. The maximum Gasteiger partial charge on any atom is 0.165 e. The molecule has 0 bridgehead atoms. The summed E-state index contributed by atoms with van der Waals surface area (Å²) in [7, 11) is 4.73. The maximum atomic E-state index is 5.57. The lowest BCUT2D eigenvalue weighted by Crippen LogP contribution is -2.07. The summed E-state index contributed by atoms with van der Waals surface area (Å²) in [5.74, 6) is 2.45. The summed E-state index contributed by atoms with van der Waals surface area (Å²) < 4.78 is 21.2. The molecular weight excluding hydrogens is 222 g/mol. The van der Waals surface area contributed by atoms with Crippen molar-refractivity contribution >= 4 is 0 Å².